The number of hydrogen-bond acceptors (Lipinski definition) is 3. The van der Waals surface area contributed by atoms with Crippen molar-refractivity contribution < 1.29 is 14.2 Å². The van der Waals surface area contributed by atoms with Crippen LogP contribution in [-0.2, 0) is 13.2 Å². The predicted molar refractivity (Wildman–Crippen MR) is 90.3 cm³/mol. The molecule has 4 nitrogen and oxygen atoms in total. The molecular formula is C19H19FN2O2. The van der Waals surface area contributed by atoms with Crippen molar-refractivity contribution in [3.63, 3.8) is 0 Å². The number of halogens is 1. The van der Waals surface area contributed by atoms with Crippen molar-refractivity contribution in [1.82, 2.24) is 9.78 Å². The van der Waals surface area contributed by atoms with E-state index in [9.17, 15) is 4.39 Å². The van der Waals surface area contributed by atoms with Crippen LogP contribution in [0.25, 0.3) is 11.1 Å². The Morgan fingerprint density at radius 1 is 1.12 bits per heavy atom. The normalized spacial score (nSPS) is 10.8. The standard InChI is InChI=1S/C19H19FN2O2/c1-2-24-17-7-8-18(19(20)9-17)16-5-3-14(4-6-16)11-22-12-15(13-23)10-21-22/h3-10,12,23H,2,11,13H2,1H3. The van der Waals surface area contributed by atoms with Gasteiger partial charge in [-0.25, -0.2) is 4.39 Å². The summed E-state index contributed by atoms with van der Waals surface area (Å²) in [6.45, 7) is 2.97. The van der Waals surface area contributed by atoms with Gasteiger partial charge in [-0.1, -0.05) is 24.3 Å². The lowest BCUT2D eigenvalue weighted by atomic mass is 10.0. The van der Waals surface area contributed by atoms with E-state index in [0.29, 0.717) is 24.5 Å². The Morgan fingerprint density at radius 2 is 1.92 bits per heavy atom. The zero-order valence-electron chi connectivity index (χ0n) is 13.4. The lowest BCUT2D eigenvalue weighted by Crippen LogP contribution is -1.99. The molecule has 5 heteroatoms. The fourth-order valence-electron chi connectivity index (χ4n) is 2.54. The van der Waals surface area contributed by atoms with E-state index >= 15 is 0 Å². The van der Waals surface area contributed by atoms with Gasteiger partial charge in [0.05, 0.1) is 26.0 Å². The summed E-state index contributed by atoms with van der Waals surface area (Å²) >= 11 is 0. The second-order valence-corrected chi connectivity index (χ2v) is 5.48. The third-order valence-electron chi connectivity index (χ3n) is 3.73. The zero-order valence-corrected chi connectivity index (χ0v) is 13.4. The highest BCUT2D eigenvalue weighted by molar-refractivity contribution is 5.65. The zero-order chi connectivity index (χ0) is 16.9. The smallest absolute Gasteiger partial charge is 0.134 e. The maximum absolute atomic E-state index is 14.2. The van der Waals surface area contributed by atoms with Gasteiger partial charge in [-0.3, -0.25) is 4.68 Å². The summed E-state index contributed by atoms with van der Waals surface area (Å²) in [6.07, 6.45) is 3.45. The molecule has 3 aromatic rings. The van der Waals surface area contributed by atoms with Gasteiger partial charge >= 0.3 is 0 Å². The van der Waals surface area contributed by atoms with E-state index in [4.69, 9.17) is 9.84 Å². The molecule has 0 fully saturated rings. The van der Waals surface area contributed by atoms with E-state index in [1.807, 2.05) is 31.2 Å². The topological polar surface area (TPSA) is 47.3 Å². The Kier molecular flexibility index (Phi) is 4.91. The maximum atomic E-state index is 14.2. The van der Waals surface area contributed by atoms with Gasteiger partial charge in [0.15, 0.2) is 0 Å². The minimum atomic E-state index is -0.298. The Balaban J connectivity index is 1.76. The number of aliphatic hydroxyl groups is 1. The second-order valence-electron chi connectivity index (χ2n) is 5.48. The highest BCUT2D eigenvalue weighted by Gasteiger charge is 2.07. The van der Waals surface area contributed by atoms with Crippen LogP contribution in [0, 0.1) is 5.82 Å². The molecule has 0 spiro atoms. The van der Waals surface area contributed by atoms with Gasteiger partial charge in [0, 0.05) is 23.4 Å². The third-order valence-corrected chi connectivity index (χ3v) is 3.73. The van der Waals surface area contributed by atoms with Crippen LogP contribution >= 0.6 is 0 Å². The number of benzene rings is 2. The number of ether oxygens (including phenoxy) is 1. The van der Waals surface area contributed by atoms with Crippen LogP contribution in [0.1, 0.15) is 18.1 Å². The van der Waals surface area contributed by atoms with E-state index in [0.717, 1.165) is 16.7 Å². The van der Waals surface area contributed by atoms with Crippen LogP contribution in [0.4, 0.5) is 4.39 Å². The van der Waals surface area contributed by atoms with Crippen LogP contribution in [0.15, 0.2) is 54.9 Å². The van der Waals surface area contributed by atoms with Gasteiger partial charge in [-0.2, -0.15) is 5.10 Å². The predicted octanol–water partition coefficient (Wildman–Crippen LogP) is 3.63. The Labute approximate surface area is 140 Å². The minimum absolute atomic E-state index is 0.0179. The molecule has 1 aromatic heterocycles. The lowest BCUT2D eigenvalue weighted by Gasteiger charge is -2.08. The molecule has 3 rings (SSSR count). The molecule has 0 saturated heterocycles. The van der Waals surface area contributed by atoms with Crippen LogP contribution < -0.4 is 4.74 Å². The van der Waals surface area contributed by atoms with E-state index in [2.05, 4.69) is 5.10 Å². The summed E-state index contributed by atoms with van der Waals surface area (Å²) in [6, 6.07) is 12.6. The van der Waals surface area contributed by atoms with Gasteiger partial charge in [-0.05, 0) is 30.2 Å². The monoisotopic (exact) mass is 326 g/mol. The van der Waals surface area contributed by atoms with Crippen LogP contribution in [0.2, 0.25) is 0 Å². The summed E-state index contributed by atoms with van der Waals surface area (Å²) in [5.41, 5.74) is 3.20. The molecule has 124 valence electrons. The van der Waals surface area contributed by atoms with Crippen LogP contribution in [0.5, 0.6) is 5.75 Å². The van der Waals surface area contributed by atoms with Crippen molar-refractivity contribution in [2.24, 2.45) is 0 Å². The largest absolute Gasteiger partial charge is 0.494 e. The quantitative estimate of drug-likeness (QED) is 0.752. The van der Waals surface area contributed by atoms with Crippen molar-refractivity contribution in [3.05, 3.63) is 71.8 Å². The Bertz CT molecular complexity index is 812. The number of aliphatic hydroxyl groups excluding tert-OH is 1. The van der Waals surface area contributed by atoms with E-state index < -0.39 is 0 Å². The number of aromatic nitrogens is 2. The first-order valence-corrected chi connectivity index (χ1v) is 7.83. The number of hydrogen-bond donors (Lipinski definition) is 1. The van der Waals surface area contributed by atoms with Gasteiger partial charge in [0.2, 0.25) is 0 Å². The third kappa shape index (κ3) is 3.63. The molecule has 0 aliphatic rings. The second kappa shape index (κ2) is 7.27. The van der Waals surface area contributed by atoms with Gasteiger partial charge in [-0.15, -0.1) is 0 Å². The average Bonchev–Trinajstić information content (AvgIpc) is 3.04. The van der Waals surface area contributed by atoms with Gasteiger partial charge in [0.1, 0.15) is 11.6 Å². The summed E-state index contributed by atoms with van der Waals surface area (Å²) in [4.78, 5) is 0. The van der Waals surface area contributed by atoms with Crippen molar-refractivity contribution >= 4 is 0 Å². The van der Waals surface area contributed by atoms with Crippen LogP contribution in [0.3, 0.4) is 0 Å². The first-order valence-electron chi connectivity index (χ1n) is 7.83. The van der Waals surface area contributed by atoms with Crippen LogP contribution in [-0.4, -0.2) is 21.5 Å². The van der Waals surface area contributed by atoms with Crippen molar-refractivity contribution in [3.8, 4) is 16.9 Å². The summed E-state index contributed by atoms with van der Waals surface area (Å²) in [5.74, 6) is 0.238. The van der Waals surface area contributed by atoms with E-state index in [-0.39, 0.29) is 12.4 Å². The van der Waals surface area contributed by atoms with Gasteiger partial charge < -0.3 is 9.84 Å². The number of rotatable bonds is 6. The highest BCUT2D eigenvalue weighted by atomic mass is 19.1. The Hall–Kier alpha value is -2.66. The molecule has 0 amide bonds. The average molecular weight is 326 g/mol. The molecule has 0 bridgehead atoms. The minimum Gasteiger partial charge on any atom is -0.494 e. The van der Waals surface area contributed by atoms with Crippen molar-refractivity contribution in [2.45, 2.75) is 20.1 Å². The molecule has 1 N–H and O–H groups in total. The first kappa shape index (κ1) is 16.2. The molecule has 0 aliphatic heterocycles. The van der Waals surface area contributed by atoms with E-state index in [1.54, 1.807) is 29.2 Å². The Morgan fingerprint density at radius 3 is 2.54 bits per heavy atom. The fourth-order valence-corrected chi connectivity index (χ4v) is 2.54. The summed E-state index contributed by atoms with van der Waals surface area (Å²) < 4.78 is 21.3. The first-order chi connectivity index (χ1) is 11.7. The lowest BCUT2D eigenvalue weighted by molar-refractivity contribution is 0.281. The molecule has 0 radical (unpaired) electrons. The molecule has 0 aliphatic carbocycles. The fraction of sp³-hybridized carbons (Fsp3) is 0.211. The van der Waals surface area contributed by atoms with Crippen molar-refractivity contribution in [1.29, 1.82) is 0 Å². The summed E-state index contributed by atoms with van der Waals surface area (Å²) in [5, 5.41) is 13.2. The SMILES string of the molecule is CCOc1ccc(-c2ccc(Cn3cc(CO)cn3)cc2)c(F)c1. The molecule has 2 aromatic carbocycles. The molecule has 0 unspecified atom stereocenters. The number of nitrogens with zero attached hydrogens (tertiary/aromatic N) is 2. The molecule has 0 saturated carbocycles. The van der Waals surface area contributed by atoms with Gasteiger partial charge in [0.25, 0.3) is 0 Å². The highest BCUT2D eigenvalue weighted by Crippen LogP contribution is 2.26. The molecule has 1 heterocycles. The summed E-state index contributed by atoms with van der Waals surface area (Å²) in [7, 11) is 0. The molecule has 0 atom stereocenters. The van der Waals surface area contributed by atoms with Crippen molar-refractivity contribution in [2.75, 3.05) is 6.61 Å². The maximum Gasteiger partial charge on any atom is 0.134 e. The molecule has 24 heavy (non-hydrogen) atoms. The van der Waals surface area contributed by atoms with E-state index in [1.165, 1.54) is 6.07 Å². The molecular weight excluding hydrogens is 307 g/mol.